The molecule has 0 saturated heterocycles. The third-order valence-corrected chi connectivity index (χ3v) is 4.87. The molecule has 2 unspecified atom stereocenters. The van der Waals surface area contributed by atoms with Crippen molar-refractivity contribution in [2.24, 2.45) is 5.92 Å². The average Bonchev–Trinajstić information content (AvgIpc) is 3.03. The van der Waals surface area contributed by atoms with Gasteiger partial charge in [0.05, 0.1) is 23.2 Å². The van der Waals surface area contributed by atoms with Crippen molar-refractivity contribution in [3.63, 3.8) is 0 Å². The molecule has 5 nitrogen and oxygen atoms in total. The lowest BCUT2D eigenvalue weighted by Crippen LogP contribution is -2.35. The van der Waals surface area contributed by atoms with Crippen LogP contribution in [0, 0.1) is 5.92 Å². The van der Waals surface area contributed by atoms with Crippen LogP contribution in [0.15, 0.2) is 36.5 Å². The smallest absolute Gasteiger partial charge is 0.308 e. The van der Waals surface area contributed by atoms with Crippen molar-refractivity contribution in [2.45, 2.75) is 32.7 Å². The molecule has 1 aromatic heterocycles. The van der Waals surface area contributed by atoms with Gasteiger partial charge in [-0.3, -0.25) is 9.59 Å². The Bertz CT molecular complexity index is 682. The Kier molecular flexibility index (Phi) is 5.50. The van der Waals surface area contributed by atoms with E-state index in [0.717, 1.165) is 10.6 Å². The minimum atomic E-state index is -0.952. The van der Waals surface area contributed by atoms with E-state index in [1.54, 1.807) is 13.1 Å². The predicted octanol–water partition coefficient (Wildman–Crippen LogP) is 3.46. The van der Waals surface area contributed by atoms with E-state index < -0.39 is 17.9 Å². The van der Waals surface area contributed by atoms with Gasteiger partial charge in [-0.2, -0.15) is 0 Å². The molecule has 2 rings (SSSR count). The van der Waals surface area contributed by atoms with Gasteiger partial charge in [-0.05, 0) is 12.5 Å². The molecule has 0 saturated carbocycles. The largest absolute Gasteiger partial charge is 0.481 e. The van der Waals surface area contributed by atoms with Gasteiger partial charge in [0, 0.05) is 5.92 Å². The first-order chi connectivity index (χ1) is 10.9. The zero-order valence-electron chi connectivity index (χ0n) is 13.3. The highest BCUT2D eigenvalue weighted by molar-refractivity contribution is 7.13. The van der Waals surface area contributed by atoms with Gasteiger partial charge < -0.3 is 10.4 Å². The summed E-state index contributed by atoms with van der Waals surface area (Å²) in [4.78, 5) is 28.6. The molecule has 0 spiro atoms. The molecule has 0 aliphatic rings. The molecule has 0 fully saturated rings. The maximum absolute atomic E-state index is 12.5. The molecule has 0 bridgehead atoms. The Balaban J connectivity index is 2.23. The van der Waals surface area contributed by atoms with E-state index in [-0.39, 0.29) is 11.8 Å². The SMILES string of the molecule is CC(C)c1ncc(C(=O)NC(c2ccccc2)C(C)C(=O)O)s1. The summed E-state index contributed by atoms with van der Waals surface area (Å²) in [5.41, 5.74) is 0.768. The quantitative estimate of drug-likeness (QED) is 0.849. The second-order valence-corrected chi connectivity index (χ2v) is 6.77. The second-order valence-electron chi connectivity index (χ2n) is 5.71. The number of nitrogens with zero attached hydrogens (tertiary/aromatic N) is 1. The van der Waals surface area contributed by atoms with Crippen LogP contribution < -0.4 is 5.32 Å². The van der Waals surface area contributed by atoms with Crippen LogP contribution in [0.2, 0.25) is 0 Å². The van der Waals surface area contributed by atoms with Gasteiger partial charge in [0.15, 0.2) is 0 Å². The van der Waals surface area contributed by atoms with Gasteiger partial charge in [-0.1, -0.05) is 44.2 Å². The van der Waals surface area contributed by atoms with E-state index in [1.807, 2.05) is 44.2 Å². The van der Waals surface area contributed by atoms with Crippen molar-refractivity contribution in [3.05, 3.63) is 52.0 Å². The molecule has 0 aliphatic heterocycles. The van der Waals surface area contributed by atoms with Crippen molar-refractivity contribution in [3.8, 4) is 0 Å². The molecule has 1 amide bonds. The number of amides is 1. The first-order valence-corrected chi connectivity index (χ1v) is 8.26. The molecule has 2 atom stereocenters. The molecule has 122 valence electrons. The van der Waals surface area contributed by atoms with Gasteiger partial charge in [0.1, 0.15) is 4.88 Å². The van der Waals surface area contributed by atoms with Gasteiger partial charge >= 0.3 is 5.97 Å². The number of thiazole rings is 1. The Morgan fingerprint density at radius 3 is 2.35 bits per heavy atom. The summed E-state index contributed by atoms with van der Waals surface area (Å²) in [6, 6.07) is 8.55. The van der Waals surface area contributed by atoms with E-state index >= 15 is 0 Å². The van der Waals surface area contributed by atoms with E-state index in [2.05, 4.69) is 10.3 Å². The molecule has 0 radical (unpaired) electrons. The van der Waals surface area contributed by atoms with E-state index in [9.17, 15) is 14.7 Å². The molecule has 1 aromatic carbocycles. The molecule has 6 heteroatoms. The van der Waals surface area contributed by atoms with Crippen molar-refractivity contribution >= 4 is 23.2 Å². The summed E-state index contributed by atoms with van der Waals surface area (Å²) in [5, 5.41) is 13.0. The van der Waals surface area contributed by atoms with Crippen LogP contribution in [0.5, 0.6) is 0 Å². The average molecular weight is 332 g/mol. The maximum atomic E-state index is 12.5. The minimum Gasteiger partial charge on any atom is -0.481 e. The normalized spacial score (nSPS) is 13.6. The Morgan fingerprint density at radius 1 is 1.17 bits per heavy atom. The number of benzene rings is 1. The minimum absolute atomic E-state index is 0.254. The molecule has 2 N–H and O–H groups in total. The van der Waals surface area contributed by atoms with Crippen LogP contribution >= 0.6 is 11.3 Å². The van der Waals surface area contributed by atoms with Gasteiger partial charge in [-0.25, -0.2) is 4.98 Å². The summed E-state index contributed by atoms with van der Waals surface area (Å²) in [7, 11) is 0. The van der Waals surface area contributed by atoms with E-state index in [4.69, 9.17) is 0 Å². The zero-order chi connectivity index (χ0) is 17.0. The fourth-order valence-electron chi connectivity index (χ4n) is 2.17. The third kappa shape index (κ3) is 4.16. The highest BCUT2D eigenvalue weighted by atomic mass is 32.1. The summed E-state index contributed by atoms with van der Waals surface area (Å²) >= 11 is 1.34. The fraction of sp³-hybridized carbons (Fsp3) is 0.353. The number of aliphatic carboxylic acids is 1. The zero-order valence-corrected chi connectivity index (χ0v) is 14.1. The monoisotopic (exact) mass is 332 g/mol. The number of carboxylic acid groups (broad SMARTS) is 1. The Morgan fingerprint density at radius 2 is 1.83 bits per heavy atom. The number of hydrogen-bond donors (Lipinski definition) is 2. The highest BCUT2D eigenvalue weighted by Crippen LogP contribution is 2.25. The number of carbonyl (C=O) groups is 2. The maximum Gasteiger partial charge on any atom is 0.308 e. The van der Waals surface area contributed by atoms with E-state index in [0.29, 0.717) is 4.88 Å². The third-order valence-electron chi connectivity index (χ3n) is 3.58. The molecule has 23 heavy (non-hydrogen) atoms. The van der Waals surface area contributed by atoms with Gasteiger partial charge in [0.25, 0.3) is 5.91 Å². The standard InChI is InChI=1S/C17H20N2O3S/c1-10(2)16-18-9-13(23-16)15(20)19-14(11(3)17(21)22)12-7-5-4-6-8-12/h4-11,14H,1-3H3,(H,19,20)(H,21,22). The first-order valence-electron chi connectivity index (χ1n) is 7.44. The summed E-state index contributed by atoms with van der Waals surface area (Å²) in [5.74, 6) is -1.73. The van der Waals surface area contributed by atoms with Crippen LogP contribution in [0.3, 0.4) is 0 Å². The topological polar surface area (TPSA) is 79.3 Å². The molecular weight excluding hydrogens is 312 g/mol. The molecular formula is C17H20N2O3S. The Hall–Kier alpha value is -2.21. The number of aromatic nitrogens is 1. The van der Waals surface area contributed by atoms with Crippen molar-refractivity contribution in [1.29, 1.82) is 0 Å². The molecule has 0 aliphatic carbocycles. The summed E-state index contributed by atoms with van der Waals surface area (Å²) in [6.07, 6.45) is 1.54. The van der Waals surface area contributed by atoms with Crippen molar-refractivity contribution < 1.29 is 14.7 Å². The first kappa shape index (κ1) is 17.1. The van der Waals surface area contributed by atoms with Crippen LogP contribution in [0.1, 0.15) is 53.0 Å². The van der Waals surface area contributed by atoms with Crippen LogP contribution in [-0.4, -0.2) is 22.0 Å². The Labute approximate surface area is 139 Å². The van der Waals surface area contributed by atoms with Crippen molar-refractivity contribution in [1.82, 2.24) is 10.3 Å². The molecule has 2 aromatic rings. The number of carbonyl (C=O) groups excluding carboxylic acids is 1. The molecule has 1 heterocycles. The van der Waals surface area contributed by atoms with Gasteiger partial charge in [0.2, 0.25) is 0 Å². The van der Waals surface area contributed by atoms with Gasteiger partial charge in [-0.15, -0.1) is 11.3 Å². The number of nitrogens with one attached hydrogen (secondary N) is 1. The lowest BCUT2D eigenvalue weighted by atomic mass is 9.94. The number of hydrogen-bond acceptors (Lipinski definition) is 4. The highest BCUT2D eigenvalue weighted by Gasteiger charge is 2.27. The number of carboxylic acids is 1. The predicted molar refractivity (Wildman–Crippen MR) is 89.7 cm³/mol. The van der Waals surface area contributed by atoms with Crippen molar-refractivity contribution in [2.75, 3.05) is 0 Å². The van der Waals surface area contributed by atoms with E-state index in [1.165, 1.54) is 11.3 Å². The fourth-order valence-corrected chi connectivity index (χ4v) is 3.00. The lowest BCUT2D eigenvalue weighted by Gasteiger charge is -2.22. The van der Waals surface area contributed by atoms with Crippen LogP contribution in [0.25, 0.3) is 0 Å². The summed E-state index contributed by atoms with van der Waals surface area (Å²) < 4.78 is 0. The number of rotatable bonds is 6. The van der Waals surface area contributed by atoms with Crippen LogP contribution in [0.4, 0.5) is 0 Å². The van der Waals surface area contributed by atoms with Crippen LogP contribution in [-0.2, 0) is 4.79 Å². The lowest BCUT2D eigenvalue weighted by molar-refractivity contribution is -0.142. The second kappa shape index (κ2) is 7.37. The summed E-state index contributed by atoms with van der Waals surface area (Å²) in [6.45, 7) is 5.62.